The van der Waals surface area contributed by atoms with Gasteiger partial charge >= 0.3 is 11.4 Å². The Morgan fingerprint density at radius 2 is 1.97 bits per heavy atom. The van der Waals surface area contributed by atoms with Crippen molar-refractivity contribution >= 4 is 28.6 Å². The number of aryl methyl sites for hydroxylation is 1. The molecule has 3 aliphatic rings. The van der Waals surface area contributed by atoms with Gasteiger partial charge in [-0.2, -0.15) is 5.10 Å². The summed E-state index contributed by atoms with van der Waals surface area (Å²) in [6, 6.07) is 5.71. The zero-order valence-corrected chi connectivity index (χ0v) is 19.8. The molecule has 0 bridgehead atoms. The molecule has 3 aliphatic heterocycles. The van der Waals surface area contributed by atoms with Crippen molar-refractivity contribution in [3.05, 3.63) is 35.3 Å². The van der Waals surface area contributed by atoms with Gasteiger partial charge in [-0.25, -0.2) is 6.57 Å². The summed E-state index contributed by atoms with van der Waals surface area (Å²) < 4.78 is 13.5. The van der Waals surface area contributed by atoms with Gasteiger partial charge in [-0.1, -0.05) is 12.1 Å². The van der Waals surface area contributed by atoms with Crippen molar-refractivity contribution in [3.8, 4) is 5.75 Å². The molecular formula is C25H29N5O5. The van der Waals surface area contributed by atoms with Crippen LogP contribution in [0.5, 0.6) is 5.75 Å². The van der Waals surface area contributed by atoms with Gasteiger partial charge in [-0.3, -0.25) is 29.2 Å². The molecule has 0 radical (unpaired) electrons. The zero-order valence-electron chi connectivity index (χ0n) is 19.8. The number of likely N-dealkylation sites (tertiary alicyclic amines) is 1. The van der Waals surface area contributed by atoms with Crippen LogP contribution in [-0.4, -0.2) is 70.3 Å². The molecule has 3 saturated heterocycles. The Kier molecular flexibility index (Phi) is 6.19. The van der Waals surface area contributed by atoms with Gasteiger partial charge in [-0.15, -0.1) is 0 Å². The number of para-hydroxylation sites is 1. The third-order valence-corrected chi connectivity index (χ3v) is 7.38. The highest BCUT2D eigenvalue weighted by molar-refractivity contribution is 6.03. The van der Waals surface area contributed by atoms with Gasteiger partial charge in [-0.05, 0) is 12.5 Å². The number of nitrogens with zero attached hydrogens (tertiary/aromatic N) is 4. The number of hydrogen-bond donors (Lipinski definition) is 1. The van der Waals surface area contributed by atoms with Crippen LogP contribution in [0, 0.1) is 6.57 Å². The van der Waals surface area contributed by atoms with E-state index < -0.39 is 11.5 Å². The lowest BCUT2D eigenvalue weighted by atomic mass is 9.88. The molecule has 4 heterocycles. The van der Waals surface area contributed by atoms with Gasteiger partial charge < -0.3 is 14.4 Å². The lowest BCUT2D eigenvalue weighted by Crippen LogP contribution is -2.53. The Balaban J connectivity index is 1.29. The third-order valence-electron chi connectivity index (χ3n) is 7.38. The van der Waals surface area contributed by atoms with Gasteiger partial charge in [0.1, 0.15) is 17.4 Å². The van der Waals surface area contributed by atoms with E-state index in [0.717, 1.165) is 10.9 Å². The molecule has 1 aromatic heterocycles. The molecule has 35 heavy (non-hydrogen) atoms. The van der Waals surface area contributed by atoms with Crippen molar-refractivity contribution in [2.24, 2.45) is 7.05 Å². The molecule has 3 fully saturated rings. The lowest BCUT2D eigenvalue weighted by molar-refractivity contribution is -0.140. The first-order chi connectivity index (χ1) is 16.9. The van der Waals surface area contributed by atoms with E-state index >= 15 is 0 Å². The largest absolute Gasteiger partial charge is 0.488 e. The highest BCUT2D eigenvalue weighted by atomic mass is 16.5. The fraction of sp³-hybridized carbons (Fsp3) is 0.560. The summed E-state index contributed by atoms with van der Waals surface area (Å²) in [6.07, 6.45) is 2.90. The van der Waals surface area contributed by atoms with Crippen LogP contribution < -0.4 is 10.1 Å². The van der Waals surface area contributed by atoms with Gasteiger partial charge in [0.15, 0.2) is 0 Å². The number of nitrogens with one attached hydrogen (secondary N) is 1. The number of rotatable bonds is 4. The summed E-state index contributed by atoms with van der Waals surface area (Å²) in [5, 5.41) is 7.87. The Bertz CT molecular complexity index is 1200. The van der Waals surface area contributed by atoms with Crippen LogP contribution in [0.2, 0.25) is 0 Å². The third kappa shape index (κ3) is 4.25. The fourth-order valence-electron chi connectivity index (χ4n) is 5.37. The summed E-state index contributed by atoms with van der Waals surface area (Å²) in [5.74, 6) is -0.439. The number of ether oxygens (including phenoxy) is 2. The number of imide groups is 1. The summed E-state index contributed by atoms with van der Waals surface area (Å²) in [7, 11) is 1.82. The van der Waals surface area contributed by atoms with Crippen LogP contribution in [0.3, 0.4) is 0 Å². The monoisotopic (exact) mass is 479 g/mol. The minimum Gasteiger partial charge on any atom is -0.488 e. The maximum absolute atomic E-state index is 13.1. The standard InChI is InChI=1S/C25H29N5O5/c1-26-25(10-14-34-15-11-25)24(33)30-12-8-16(9-13-30)35-19-5-3-4-17-21(28-29(2)22(17)19)18-6-7-20(31)27-23(18)32/h3-5,16,18H,6-15H2,2H3,(H,27,31,32). The van der Waals surface area contributed by atoms with E-state index in [4.69, 9.17) is 16.0 Å². The second-order valence-corrected chi connectivity index (χ2v) is 9.53. The Hall–Kier alpha value is -3.45. The number of aromatic nitrogens is 2. The molecule has 1 N–H and O–H groups in total. The van der Waals surface area contributed by atoms with Crippen molar-refractivity contribution < 1.29 is 23.9 Å². The summed E-state index contributed by atoms with van der Waals surface area (Å²) >= 11 is 0. The first kappa shape index (κ1) is 23.3. The molecule has 2 aromatic rings. The Morgan fingerprint density at radius 3 is 2.66 bits per heavy atom. The number of hydrogen-bond acceptors (Lipinski definition) is 6. The topological polar surface area (TPSA) is 107 Å². The van der Waals surface area contributed by atoms with E-state index in [1.165, 1.54) is 0 Å². The van der Waals surface area contributed by atoms with Crippen LogP contribution in [-0.2, 0) is 26.2 Å². The maximum Gasteiger partial charge on any atom is 0.313 e. The van der Waals surface area contributed by atoms with Crippen LogP contribution in [0.4, 0.5) is 0 Å². The molecule has 1 atom stereocenters. The second-order valence-electron chi connectivity index (χ2n) is 9.53. The highest BCUT2D eigenvalue weighted by Crippen LogP contribution is 2.35. The van der Waals surface area contributed by atoms with Crippen LogP contribution in [0.1, 0.15) is 50.1 Å². The van der Waals surface area contributed by atoms with Gasteiger partial charge in [0, 0.05) is 44.8 Å². The molecule has 0 aliphatic carbocycles. The van der Waals surface area contributed by atoms with Crippen molar-refractivity contribution in [2.45, 2.75) is 56.1 Å². The van der Waals surface area contributed by atoms with Crippen LogP contribution in [0.15, 0.2) is 18.2 Å². The van der Waals surface area contributed by atoms with Gasteiger partial charge in [0.2, 0.25) is 11.8 Å². The number of carbonyl (C=O) groups is 3. The molecule has 1 aromatic carbocycles. The van der Waals surface area contributed by atoms with E-state index in [-0.39, 0.29) is 23.8 Å². The van der Waals surface area contributed by atoms with Crippen molar-refractivity contribution in [1.82, 2.24) is 20.0 Å². The summed E-state index contributed by atoms with van der Waals surface area (Å²) in [5.41, 5.74) is 0.470. The smallest absolute Gasteiger partial charge is 0.313 e. The minimum absolute atomic E-state index is 0.0721. The molecular weight excluding hydrogens is 450 g/mol. The van der Waals surface area contributed by atoms with E-state index in [1.807, 2.05) is 25.2 Å². The molecule has 0 spiro atoms. The molecule has 5 rings (SSSR count). The summed E-state index contributed by atoms with van der Waals surface area (Å²) in [6.45, 7) is 9.61. The van der Waals surface area contributed by atoms with E-state index in [1.54, 1.807) is 9.58 Å². The van der Waals surface area contributed by atoms with E-state index in [2.05, 4.69) is 15.3 Å². The molecule has 3 amide bonds. The quantitative estimate of drug-likeness (QED) is 0.531. The average molecular weight is 480 g/mol. The molecule has 10 heteroatoms. The van der Waals surface area contributed by atoms with Gasteiger partial charge in [0.05, 0.1) is 37.7 Å². The van der Waals surface area contributed by atoms with Crippen molar-refractivity contribution in [2.75, 3.05) is 26.3 Å². The number of carbonyl (C=O) groups excluding carboxylic acids is 3. The zero-order chi connectivity index (χ0) is 24.6. The lowest BCUT2D eigenvalue weighted by Gasteiger charge is -2.36. The predicted molar refractivity (Wildman–Crippen MR) is 125 cm³/mol. The maximum atomic E-state index is 13.1. The molecule has 1 unspecified atom stereocenters. The number of piperidine rings is 2. The summed E-state index contributed by atoms with van der Waals surface area (Å²) in [4.78, 5) is 42.7. The fourth-order valence-corrected chi connectivity index (χ4v) is 5.37. The first-order valence-corrected chi connectivity index (χ1v) is 12.1. The second kappa shape index (κ2) is 9.30. The minimum atomic E-state index is -0.987. The molecule has 10 nitrogen and oxygen atoms in total. The van der Waals surface area contributed by atoms with Gasteiger partial charge in [0.25, 0.3) is 0 Å². The Labute approximate surface area is 203 Å². The number of amides is 3. The molecule has 0 saturated carbocycles. The van der Waals surface area contributed by atoms with Crippen LogP contribution in [0.25, 0.3) is 15.7 Å². The number of fused-ring (bicyclic) bond motifs is 1. The van der Waals surface area contributed by atoms with Crippen LogP contribution >= 0.6 is 0 Å². The van der Waals surface area contributed by atoms with E-state index in [9.17, 15) is 14.4 Å². The average Bonchev–Trinajstić information content (AvgIpc) is 3.21. The van der Waals surface area contributed by atoms with Crippen molar-refractivity contribution in [1.29, 1.82) is 0 Å². The molecule has 184 valence electrons. The predicted octanol–water partition coefficient (Wildman–Crippen LogP) is 1.93. The Morgan fingerprint density at radius 1 is 1.23 bits per heavy atom. The van der Waals surface area contributed by atoms with E-state index in [0.29, 0.717) is 76.3 Å². The SMILES string of the molecule is [C-]#[N+]C1(C(=O)N2CCC(Oc3cccc4c(C5CCC(=O)NC5=O)nn(C)c34)CC2)CCOCC1. The number of benzene rings is 1. The highest BCUT2D eigenvalue weighted by Gasteiger charge is 2.49. The first-order valence-electron chi connectivity index (χ1n) is 12.1. The normalized spacial score (nSPS) is 23.1. The van der Waals surface area contributed by atoms with Crippen molar-refractivity contribution in [3.63, 3.8) is 0 Å².